The number of methoxy groups -OCH3 is 1. The molecule has 0 bridgehead atoms. The zero-order chi connectivity index (χ0) is 14.7. The Balaban J connectivity index is 1.68. The van der Waals surface area contributed by atoms with Gasteiger partial charge in [-0.2, -0.15) is 0 Å². The Morgan fingerprint density at radius 1 is 1.05 bits per heavy atom. The molecule has 2 atom stereocenters. The number of ether oxygens (including phenoxy) is 3. The molecule has 0 aromatic heterocycles. The quantitative estimate of drug-likeness (QED) is 0.808. The molecule has 4 nitrogen and oxygen atoms in total. The normalized spacial score (nSPS) is 20.0. The lowest BCUT2D eigenvalue weighted by molar-refractivity contribution is -0.152. The predicted molar refractivity (Wildman–Crippen MR) is 76.7 cm³/mol. The van der Waals surface area contributed by atoms with Crippen molar-refractivity contribution in [1.29, 1.82) is 0 Å². The van der Waals surface area contributed by atoms with E-state index in [4.69, 9.17) is 14.2 Å². The van der Waals surface area contributed by atoms with Crippen LogP contribution in [-0.4, -0.2) is 19.7 Å². The van der Waals surface area contributed by atoms with Gasteiger partial charge in [0.05, 0.1) is 5.56 Å². The van der Waals surface area contributed by atoms with Crippen LogP contribution in [0.25, 0.3) is 0 Å². The number of esters is 1. The second kappa shape index (κ2) is 6.08. The lowest BCUT2D eigenvalue weighted by Crippen LogP contribution is -2.13. The third-order valence-electron chi connectivity index (χ3n) is 3.47. The van der Waals surface area contributed by atoms with E-state index < -0.39 is 6.29 Å². The summed E-state index contributed by atoms with van der Waals surface area (Å²) in [5.41, 5.74) is 2.53. The minimum absolute atomic E-state index is 0.171. The van der Waals surface area contributed by atoms with E-state index in [9.17, 15) is 4.79 Å². The molecule has 2 aromatic carbocycles. The Morgan fingerprint density at radius 3 is 2.43 bits per heavy atom. The van der Waals surface area contributed by atoms with E-state index in [0.717, 1.165) is 11.1 Å². The molecule has 0 saturated carbocycles. The third-order valence-corrected chi connectivity index (χ3v) is 3.47. The highest BCUT2D eigenvalue weighted by atomic mass is 16.7. The lowest BCUT2D eigenvalue weighted by Gasteiger charge is -2.13. The van der Waals surface area contributed by atoms with Gasteiger partial charge in [-0.25, -0.2) is 4.79 Å². The summed E-state index contributed by atoms with van der Waals surface area (Å²) < 4.78 is 16.4. The molecule has 0 N–H and O–H groups in total. The topological polar surface area (TPSA) is 44.8 Å². The van der Waals surface area contributed by atoms with Gasteiger partial charge in [0.15, 0.2) is 6.29 Å². The van der Waals surface area contributed by atoms with Gasteiger partial charge in [-0.15, -0.1) is 0 Å². The molecular weight excluding hydrogens is 268 g/mol. The molecule has 4 heteroatoms. The first-order valence-corrected chi connectivity index (χ1v) is 6.79. The Morgan fingerprint density at radius 2 is 1.71 bits per heavy atom. The summed E-state index contributed by atoms with van der Waals surface area (Å²) >= 11 is 0. The maximum absolute atomic E-state index is 12.0. The van der Waals surface area contributed by atoms with Crippen LogP contribution in [-0.2, 0) is 14.2 Å². The fourth-order valence-electron chi connectivity index (χ4n) is 2.44. The zero-order valence-electron chi connectivity index (χ0n) is 11.7. The van der Waals surface area contributed by atoms with Crippen molar-refractivity contribution in [3.8, 4) is 0 Å². The van der Waals surface area contributed by atoms with Gasteiger partial charge < -0.3 is 14.2 Å². The zero-order valence-corrected chi connectivity index (χ0v) is 11.7. The van der Waals surface area contributed by atoms with Crippen LogP contribution in [0.5, 0.6) is 0 Å². The summed E-state index contributed by atoms with van der Waals surface area (Å²) in [7, 11) is 1.60. The molecule has 1 heterocycles. The van der Waals surface area contributed by atoms with Gasteiger partial charge in [-0.1, -0.05) is 42.5 Å². The second-order valence-corrected chi connectivity index (χ2v) is 4.79. The summed E-state index contributed by atoms with van der Waals surface area (Å²) in [6, 6.07) is 16.7. The van der Waals surface area contributed by atoms with Crippen LogP contribution in [0.15, 0.2) is 54.6 Å². The molecule has 0 radical (unpaired) electrons. The van der Waals surface area contributed by atoms with Crippen LogP contribution in [0, 0.1) is 0 Å². The van der Waals surface area contributed by atoms with E-state index in [1.807, 2.05) is 30.3 Å². The Labute approximate surface area is 123 Å². The molecule has 0 amide bonds. The van der Waals surface area contributed by atoms with Crippen molar-refractivity contribution in [2.45, 2.75) is 12.4 Å². The standard InChI is InChI=1S/C17H16O4/c1-19-17-14-10-6-5-9-13(14)15(21-17)11-20-16(18)12-7-3-2-4-8-12/h2-10,15,17H,11H2,1H3/t15-,17+/m0/s1. The summed E-state index contributed by atoms with van der Waals surface area (Å²) in [4.78, 5) is 12.0. The number of carbonyl (C=O) groups is 1. The van der Waals surface area contributed by atoms with Crippen molar-refractivity contribution in [3.05, 3.63) is 71.3 Å². The highest BCUT2D eigenvalue weighted by molar-refractivity contribution is 5.89. The highest BCUT2D eigenvalue weighted by Gasteiger charge is 2.32. The van der Waals surface area contributed by atoms with E-state index >= 15 is 0 Å². The van der Waals surface area contributed by atoms with E-state index in [1.165, 1.54) is 0 Å². The molecule has 3 rings (SSSR count). The molecule has 0 unspecified atom stereocenters. The van der Waals surface area contributed by atoms with Crippen molar-refractivity contribution in [2.75, 3.05) is 13.7 Å². The number of carbonyl (C=O) groups excluding carboxylic acids is 1. The lowest BCUT2D eigenvalue weighted by atomic mass is 10.1. The van der Waals surface area contributed by atoms with Gasteiger partial charge in [0.1, 0.15) is 12.7 Å². The Bertz CT molecular complexity index is 624. The van der Waals surface area contributed by atoms with E-state index in [-0.39, 0.29) is 18.7 Å². The minimum atomic E-state index is -0.401. The molecule has 1 aliphatic heterocycles. The van der Waals surface area contributed by atoms with Crippen LogP contribution in [0.2, 0.25) is 0 Å². The molecule has 0 saturated heterocycles. The molecule has 0 spiro atoms. The van der Waals surface area contributed by atoms with Crippen molar-refractivity contribution >= 4 is 5.97 Å². The predicted octanol–water partition coefficient (Wildman–Crippen LogP) is 3.26. The molecule has 108 valence electrons. The summed E-state index contributed by atoms with van der Waals surface area (Å²) in [5, 5.41) is 0. The maximum atomic E-state index is 12.0. The summed E-state index contributed by atoms with van der Waals surface area (Å²) in [6.45, 7) is 0.171. The highest BCUT2D eigenvalue weighted by Crippen LogP contribution is 2.39. The van der Waals surface area contributed by atoms with Gasteiger partial charge >= 0.3 is 5.97 Å². The van der Waals surface area contributed by atoms with Gasteiger partial charge in [-0.3, -0.25) is 0 Å². The number of benzene rings is 2. The van der Waals surface area contributed by atoms with Crippen LogP contribution >= 0.6 is 0 Å². The fraction of sp³-hybridized carbons (Fsp3) is 0.235. The average molecular weight is 284 g/mol. The Hall–Kier alpha value is -2.17. The number of rotatable bonds is 4. The molecule has 0 fully saturated rings. The maximum Gasteiger partial charge on any atom is 0.338 e. The van der Waals surface area contributed by atoms with Gasteiger partial charge in [0.2, 0.25) is 0 Å². The average Bonchev–Trinajstić information content (AvgIpc) is 2.91. The molecule has 2 aromatic rings. The molecule has 1 aliphatic rings. The number of hydrogen-bond donors (Lipinski definition) is 0. The van der Waals surface area contributed by atoms with Crippen molar-refractivity contribution in [3.63, 3.8) is 0 Å². The molecule has 0 aliphatic carbocycles. The first-order chi connectivity index (χ1) is 10.3. The smallest absolute Gasteiger partial charge is 0.338 e. The van der Waals surface area contributed by atoms with E-state index in [1.54, 1.807) is 31.4 Å². The number of fused-ring (bicyclic) bond motifs is 1. The van der Waals surface area contributed by atoms with Gasteiger partial charge in [-0.05, 0) is 17.7 Å². The van der Waals surface area contributed by atoms with Crippen LogP contribution in [0.3, 0.4) is 0 Å². The largest absolute Gasteiger partial charge is 0.459 e. The van der Waals surface area contributed by atoms with Crippen LogP contribution in [0.1, 0.15) is 33.9 Å². The summed E-state index contributed by atoms with van der Waals surface area (Å²) in [5.74, 6) is -0.349. The molecular formula is C17H16O4. The first kappa shape index (κ1) is 13.8. The minimum Gasteiger partial charge on any atom is -0.459 e. The van der Waals surface area contributed by atoms with Gasteiger partial charge in [0, 0.05) is 12.7 Å². The first-order valence-electron chi connectivity index (χ1n) is 6.79. The number of hydrogen-bond acceptors (Lipinski definition) is 4. The molecule has 21 heavy (non-hydrogen) atoms. The Kier molecular flexibility index (Phi) is 3.99. The SMILES string of the molecule is CO[C@@H]1O[C@@H](COC(=O)c2ccccc2)c2ccccc21. The van der Waals surface area contributed by atoms with Crippen LogP contribution < -0.4 is 0 Å². The summed E-state index contributed by atoms with van der Waals surface area (Å²) in [6.07, 6.45) is -0.694. The third kappa shape index (κ3) is 2.82. The van der Waals surface area contributed by atoms with E-state index in [0.29, 0.717) is 5.56 Å². The van der Waals surface area contributed by atoms with Crippen molar-refractivity contribution in [2.24, 2.45) is 0 Å². The fourth-order valence-corrected chi connectivity index (χ4v) is 2.44. The van der Waals surface area contributed by atoms with Gasteiger partial charge in [0.25, 0.3) is 0 Å². The van der Waals surface area contributed by atoms with Crippen molar-refractivity contribution < 1.29 is 19.0 Å². The van der Waals surface area contributed by atoms with E-state index in [2.05, 4.69) is 0 Å². The monoisotopic (exact) mass is 284 g/mol. The second-order valence-electron chi connectivity index (χ2n) is 4.79. The van der Waals surface area contributed by atoms with Crippen molar-refractivity contribution in [1.82, 2.24) is 0 Å². The van der Waals surface area contributed by atoms with Crippen LogP contribution in [0.4, 0.5) is 0 Å².